The topological polar surface area (TPSA) is 23.5 Å². The molecule has 20 heavy (non-hydrogen) atoms. The Morgan fingerprint density at radius 2 is 1.60 bits per heavy atom. The Bertz CT molecular complexity index is 425. The van der Waals surface area contributed by atoms with Crippen LogP contribution >= 0.6 is 22.6 Å². The van der Waals surface area contributed by atoms with Gasteiger partial charge in [-0.25, -0.2) is 0 Å². The summed E-state index contributed by atoms with van der Waals surface area (Å²) < 4.78 is 1.31. The van der Waals surface area contributed by atoms with Gasteiger partial charge in [-0.1, -0.05) is 25.0 Å². The predicted octanol–water partition coefficient (Wildman–Crippen LogP) is 3.77. The van der Waals surface area contributed by atoms with E-state index in [2.05, 4.69) is 51.8 Å². The maximum absolute atomic E-state index is 10.2. The van der Waals surface area contributed by atoms with Gasteiger partial charge < -0.3 is 5.11 Å². The van der Waals surface area contributed by atoms with Gasteiger partial charge in [-0.15, -0.1) is 0 Å². The second kappa shape index (κ2) is 6.75. The molecule has 2 aliphatic rings. The molecule has 3 heteroatoms. The summed E-state index contributed by atoms with van der Waals surface area (Å²) in [6, 6.07) is 9.44. The van der Waals surface area contributed by atoms with E-state index in [4.69, 9.17) is 0 Å². The van der Waals surface area contributed by atoms with E-state index in [1.807, 2.05) is 0 Å². The highest BCUT2D eigenvalue weighted by molar-refractivity contribution is 14.1. The van der Waals surface area contributed by atoms with Gasteiger partial charge >= 0.3 is 0 Å². The lowest BCUT2D eigenvalue weighted by Gasteiger charge is -2.41. The minimum Gasteiger partial charge on any atom is -0.391 e. The molecule has 1 heterocycles. The van der Waals surface area contributed by atoms with Crippen LogP contribution in [0.5, 0.6) is 0 Å². The van der Waals surface area contributed by atoms with Gasteiger partial charge in [-0.05, 0) is 85.0 Å². The quantitative estimate of drug-likeness (QED) is 0.784. The lowest BCUT2D eigenvalue weighted by Crippen LogP contribution is -2.48. The number of likely N-dealkylation sites (tertiary alicyclic amines) is 1. The van der Waals surface area contributed by atoms with Crippen LogP contribution in [0, 0.1) is 3.57 Å². The summed E-state index contributed by atoms with van der Waals surface area (Å²) in [6.45, 7) is 2.30. The van der Waals surface area contributed by atoms with Crippen molar-refractivity contribution in [2.24, 2.45) is 0 Å². The normalized spacial score (nSPS) is 29.5. The fourth-order valence-electron chi connectivity index (χ4n) is 3.82. The third kappa shape index (κ3) is 3.37. The van der Waals surface area contributed by atoms with Crippen LogP contribution in [-0.4, -0.2) is 35.2 Å². The van der Waals surface area contributed by atoms with Crippen molar-refractivity contribution in [2.75, 3.05) is 13.1 Å². The molecule has 0 spiro atoms. The van der Waals surface area contributed by atoms with Gasteiger partial charge in [0.25, 0.3) is 0 Å². The van der Waals surface area contributed by atoms with Gasteiger partial charge in [0.05, 0.1) is 6.10 Å². The van der Waals surface area contributed by atoms with E-state index in [0.29, 0.717) is 12.0 Å². The van der Waals surface area contributed by atoms with Crippen molar-refractivity contribution in [3.8, 4) is 0 Å². The molecule has 1 saturated carbocycles. The molecule has 1 saturated heterocycles. The summed E-state index contributed by atoms with van der Waals surface area (Å²) in [6.07, 6.45) is 7.08. The average Bonchev–Trinajstić information content (AvgIpc) is 2.49. The molecule has 1 aliphatic carbocycles. The van der Waals surface area contributed by atoms with Gasteiger partial charge in [0, 0.05) is 9.61 Å². The first-order valence-electron chi connectivity index (χ1n) is 7.91. The largest absolute Gasteiger partial charge is 0.391 e. The number of aliphatic hydroxyl groups is 1. The van der Waals surface area contributed by atoms with Crippen LogP contribution in [0.4, 0.5) is 0 Å². The molecule has 0 aromatic heterocycles. The lowest BCUT2D eigenvalue weighted by molar-refractivity contribution is 0.00871. The van der Waals surface area contributed by atoms with E-state index in [0.717, 1.165) is 19.5 Å². The maximum Gasteiger partial charge on any atom is 0.0695 e. The minimum atomic E-state index is -0.0846. The van der Waals surface area contributed by atoms with Crippen LogP contribution in [0.1, 0.15) is 50.0 Å². The summed E-state index contributed by atoms with van der Waals surface area (Å²) >= 11 is 2.37. The highest BCUT2D eigenvalue weighted by atomic mass is 127. The molecule has 2 atom stereocenters. The third-order valence-corrected chi connectivity index (χ3v) is 5.75. The minimum absolute atomic E-state index is 0.0846. The third-order valence-electron chi connectivity index (χ3n) is 5.03. The monoisotopic (exact) mass is 385 g/mol. The Morgan fingerprint density at radius 3 is 2.25 bits per heavy atom. The molecule has 2 nitrogen and oxygen atoms in total. The Balaban J connectivity index is 1.57. The van der Waals surface area contributed by atoms with Crippen LogP contribution in [0.3, 0.4) is 0 Å². The SMILES string of the molecule is O[C@H]1CCCC[C@@H]1N1CCC(c2ccc(I)cc2)CC1. The van der Waals surface area contributed by atoms with E-state index in [9.17, 15) is 5.11 Å². The summed E-state index contributed by atoms with van der Waals surface area (Å²) in [4.78, 5) is 2.55. The molecule has 1 aromatic carbocycles. The molecule has 1 aromatic rings. The van der Waals surface area contributed by atoms with E-state index in [-0.39, 0.29) is 6.10 Å². The molecule has 1 aliphatic heterocycles. The first kappa shape index (κ1) is 14.8. The van der Waals surface area contributed by atoms with Crippen molar-refractivity contribution in [3.63, 3.8) is 0 Å². The second-order valence-electron chi connectivity index (χ2n) is 6.28. The van der Waals surface area contributed by atoms with Gasteiger partial charge in [0.2, 0.25) is 0 Å². The number of rotatable bonds is 2. The number of nitrogens with zero attached hydrogens (tertiary/aromatic N) is 1. The molecule has 2 fully saturated rings. The molecule has 0 amide bonds. The zero-order chi connectivity index (χ0) is 13.9. The van der Waals surface area contributed by atoms with Gasteiger partial charge in [-0.2, -0.15) is 0 Å². The van der Waals surface area contributed by atoms with Crippen LogP contribution in [0.2, 0.25) is 0 Å². The van der Waals surface area contributed by atoms with E-state index < -0.39 is 0 Å². The highest BCUT2D eigenvalue weighted by Crippen LogP contribution is 2.32. The van der Waals surface area contributed by atoms with Gasteiger partial charge in [-0.3, -0.25) is 4.90 Å². The second-order valence-corrected chi connectivity index (χ2v) is 7.53. The first-order valence-corrected chi connectivity index (χ1v) is 8.99. The Hall–Kier alpha value is -0.130. The van der Waals surface area contributed by atoms with Crippen LogP contribution < -0.4 is 0 Å². The van der Waals surface area contributed by atoms with Crippen molar-refractivity contribution in [1.82, 2.24) is 4.90 Å². The predicted molar refractivity (Wildman–Crippen MR) is 91.0 cm³/mol. The number of piperidine rings is 1. The summed E-state index contributed by atoms with van der Waals surface area (Å²) in [7, 11) is 0. The van der Waals surface area contributed by atoms with E-state index >= 15 is 0 Å². The maximum atomic E-state index is 10.2. The molecule has 0 bridgehead atoms. The zero-order valence-electron chi connectivity index (χ0n) is 12.0. The Labute approximate surface area is 135 Å². The number of halogens is 1. The van der Waals surface area contributed by atoms with Crippen molar-refractivity contribution >= 4 is 22.6 Å². The number of hydrogen-bond donors (Lipinski definition) is 1. The molecular formula is C17H24INO. The molecule has 1 N–H and O–H groups in total. The Kier molecular flexibility index (Phi) is 5.00. The van der Waals surface area contributed by atoms with Crippen molar-refractivity contribution in [1.29, 1.82) is 0 Å². The summed E-state index contributed by atoms with van der Waals surface area (Å²) in [5, 5.41) is 10.2. The van der Waals surface area contributed by atoms with Crippen molar-refractivity contribution in [3.05, 3.63) is 33.4 Å². The lowest BCUT2D eigenvalue weighted by atomic mass is 9.86. The van der Waals surface area contributed by atoms with Gasteiger partial charge in [0.1, 0.15) is 0 Å². The fraction of sp³-hybridized carbons (Fsp3) is 0.647. The molecule has 0 radical (unpaired) electrons. The zero-order valence-corrected chi connectivity index (χ0v) is 14.1. The first-order chi connectivity index (χ1) is 9.74. The number of aliphatic hydroxyl groups excluding tert-OH is 1. The number of hydrogen-bond acceptors (Lipinski definition) is 2. The van der Waals surface area contributed by atoms with Crippen LogP contribution in [0.25, 0.3) is 0 Å². The molecule has 110 valence electrons. The average molecular weight is 385 g/mol. The van der Waals surface area contributed by atoms with Gasteiger partial charge in [0.15, 0.2) is 0 Å². The fourth-order valence-corrected chi connectivity index (χ4v) is 4.18. The van der Waals surface area contributed by atoms with Crippen LogP contribution in [0.15, 0.2) is 24.3 Å². The molecule has 3 rings (SSSR count). The van der Waals surface area contributed by atoms with Crippen LogP contribution in [-0.2, 0) is 0 Å². The van der Waals surface area contributed by atoms with E-state index in [1.165, 1.54) is 41.2 Å². The Morgan fingerprint density at radius 1 is 0.950 bits per heavy atom. The summed E-state index contributed by atoms with van der Waals surface area (Å²) in [5.74, 6) is 0.712. The molecular weight excluding hydrogens is 361 g/mol. The summed E-state index contributed by atoms with van der Waals surface area (Å²) in [5.41, 5.74) is 1.49. The van der Waals surface area contributed by atoms with Crippen molar-refractivity contribution < 1.29 is 5.11 Å². The number of benzene rings is 1. The standard InChI is InChI=1S/C17H24INO/c18-15-7-5-13(6-8-15)14-9-11-19(12-10-14)16-3-1-2-4-17(16)20/h5-8,14,16-17,20H,1-4,9-12H2/t16-,17-/m0/s1. The highest BCUT2D eigenvalue weighted by Gasteiger charge is 2.31. The van der Waals surface area contributed by atoms with Crippen molar-refractivity contribution in [2.45, 2.75) is 56.6 Å². The van der Waals surface area contributed by atoms with E-state index in [1.54, 1.807) is 0 Å². The molecule has 0 unspecified atom stereocenters. The smallest absolute Gasteiger partial charge is 0.0695 e.